The normalized spacial score (nSPS) is 10.5. The third-order valence-corrected chi connectivity index (χ3v) is 2.74. The molecule has 1 heterocycles. The number of rotatable bonds is 5. The highest BCUT2D eigenvalue weighted by Gasteiger charge is 2.07. The van der Waals surface area contributed by atoms with Crippen LogP contribution in [0.15, 0.2) is 42.6 Å². The van der Waals surface area contributed by atoms with Gasteiger partial charge in [0.2, 0.25) is 0 Å². The van der Waals surface area contributed by atoms with Crippen LogP contribution in [0.25, 0.3) is 0 Å². The number of carbonyl (C=O) groups is 1. The van der Waals surface area contributed by atoms with Crippen LogP contribution in [0.1, 0.15) is 29.8 Å². The Morgan fingerprint density at radius 2 is 1.95 bits per heavy atom. The molecule has 21 heavy (non-hydrogen) atoms. The summed E-state index contributed by atoms with van der Waals surface area (Å²) in [5.41, 5.74) is 1.22. The second-order valence-corrected chi connectivity index (χ2v) is 4.85. The maximum atomic E-state index is 12.1. The standard InChI is InChI=1S/C16H18N2O3/c1-11(2)21-14-6-4-13(5-7-14)16(20)18-15-8-3-12(10-19)9-17-15/h3-9,11,19H,10H2,1-2H3,(H,17,18,20). The van der Waals surface area contributed by atoms with Crippen molar-refractivity contribution in [2.45, 2.75) is 26.6 Å². The second kappa shape index (κ2) is 6.85. The number of pyridine rings is 1. The average Bonchev–Trinajstić information content (AvgIpc) is 2.48. The van der Waals surface area contributed by atoms with Crippen molar-refractivity contribution in [1.29, 1.82) is 0 Å². The number of nitrogens with one attached hydrogen (secondary N) is 1. The Morgan fingerprint density at radius 1 is 1.24 bits per heavy atom. The zero-order valence-corrected chi connectivity index (χ0v) is 12.0. The van der Waals surface area contributed by atoms with Crippen LogP contribution in [0.2, 0.25) is 0 Å². The fraction of sp³-hybridized carbons (Fsp3) is 0.250. The third-order valence-electron chi connectivity index (χ3n) is 2.74. The first-order valence-corrected chi connectivity index (χ1v) is 6.72. The summed E-state index contributed by atoms with van der Waals surface area (Å²) < 4.78 is 5.52. The van der Waals surface area contributed by atoms with Crippen LogP contribution < -0.4 is 10.1 Å². The Kier molecular flexibility index (Phi) is 4.90. The van der Waals surface area contributed by atoms with E-state index in [1.807, 2.05) is 13.8 Å². The van der Waals surface area contributed by atoms with Crippen molar-refractivity contribution in [2.75, 3.05) is 5.32 Å². The lowest BCUT2D eigenvalue weighted by Crippen LogP contribution is -2.13. The van der Waals surface area contributed by atoms with E-state index in [4.69, 9.17) is 9.84 Å². The first-order chi connectivity index (χ1) is 10.1. The van der Waals surface area contributed by atoms with Gasteiger partial charge in [-0.15, -0.1) is 0 Å². The van der Waals surface area contributed by atoms with Gasteiger partial charge in [-0.3, -0.25) is 4.79 Å². The number of nitrogens with zero attached hydrogens (tertiary/aromatic N) is 1. The van der Waals surface area contributed by atoms with Gasteiger partial charge in [-0.1, -0.05) is 6.07 Å². The summed E-state index contributed by atoms with van der Waals surface area (Å²) in [6.45, 7) is 3.82. The number of hydrogen-bond acceptors (Lipinski definition) is 4. The van der Waals surface area contributed by atoms with Crippen molar-refractivity contribution < 1.29 is 14.6 Å². The minimum atomic E-state index is -0.240. The van der Waals surface area contributed by atoms with E-state index in [9.17, 15) is 4.79 Å². The molecule has 1 aromatic heterocycles. The average molecular weight is 286 g/mol. The summed E-state index contributed by atoms with van der Waals surface area (Å²) >= 11 is 0. The van der Waals surface area contributed by atoms with Crippen molar-refractivity contribution in [3.05, 3.63) is 53.7 Å². The summed E-state index contributed by atoms with van der Waals surface area (Å²) in [4.78, 5) is 16.1. The van der Waals surface area contributed by atoms with E-state index in [0.29, 0.717) is 16.9 Å². The zero-order chi connectivity index (χ0) is 15.2. The molecular weight excluding hydrogens is 268 g/mol. The molecule has 0 saturated heterocycles. The smallest absolute Gasteiger partial charge is 0.256 e. The monoisotopic (exact) mass is 286 g/mol. The van der Waals surface area contributed by atoms with Crippen LogP contribution in [0.5, 0.6) is 5.75 Å². The minimum absolute atomic E-state index is 0.0709. The van der Waals surface area contributed by atoms with Gasteiger partial charge in [-0.05, 0) is 49.7 Å². The van der Waals surface area contributed by atoms with Gasteiger partial charge < -0.3 is 15.2 Å². The van der Waals surface area contributed by atoms with E-state index in [0.717, 1.165) is 5.75 Å². The molecular formula is C16H18N2O3. The number of hydrogen-bond donors (Lipinski definition) is 2. The molecule has 110 valence electrons. The summed E-state index contributed by atoms with van der Waals surface area (Å²) in [7, 11) is 0. The maximum absolute atomic E-state index is 12.1. The van der Waals surface area contributed by atoms with Crippen LogP contribution in [0, 0.1) is 0 Å². The predicted molar refractivity (Wildman–Crippen MR) is 80.3 cm³/mol. The van der Waals surface area contributed by atoms with Crippen molar-refractivity contribution in [1.82, 2.24) is 4.98 Å². The molecule has 0 aliphatic heterocycles. The summed E-state index contributed by atoms with van der Waals surface area (Å²) in [5, 5.41) is 11.6. The highest BCUT2D eigenvalue weighted by molar-refractivity contribution is 6.03. The molecule has 2 aromatic rings. The summed E-state index contributed by atoms with van der Waals surface area (Å²) in [6.07, 6.45) is 1.62. The van der Waals surface area contributed by atoms with E-state index < -0.39 is 0 Å². The molecule has 0 aliphatic carbocycles. The lowest BCUT2D eigenvalue weighted by Gasteiger charge is -2.10. The Bertz CT molecular complexity index is 592. The van der Waals surface area contributed by atoms with Gasteiger partial charge in [0.05, 0.1) is 12.7 Å². The molecule has 1 aromatic carbocycles. The van der Waals surface area contributed by atoms with E-state index in [1.54, 1.807) is 36.4 Å². The fourth-order valence-electron chi connectivity index (χ4n) is 1.74. The first kappa shape index (κ1) is 15.0. The quantitative estimate of drug-likeness (QED) is 0.886. The number of ether oxygens (including phenoxy) is 1. The number of amides is 1. The lowest BCUT2D eigenvalue weighted by atomic mass is 10.2. The van der Waals surface area contributed by atoms with E-state index >= 15 is 0 Å². The Labute approximate surface area is 123 Å². The molecule has 0 radical (unpaired) electrons. The Balaban J connectivity index is 2.02. The molecule has 0 aliphatic rings. The number of aliphatic hydroxyl groups excluding tert-OH is 1. The van der Waals surface area contributed by atoms with Gasteiger partial charge in [0.25, 0.3) is 5.91 Å². The van der Waals surface area contributed by atoms with Gasteiger partial charge in [0, 0.05) is 11.8 Å². The minimum Gasteiger partial charge on any atom is -0.491 e. The molecule has 2 rings (SSSR count). The SMILES string of the molecule is CC(C)Oc1ccc(C(=O)Nc2ccc(CO)cn2)cc1. The number of benzene rings is 1. The number of carbonyl (C=O) groups excluding carboxylic acids is 1. The van der Waals surface area contributed by atoms with Crippen LogP contribution in [-0.2, 0) is 6.61 Å². The molecule has 0 atom stereocenters. The number of aliphatic hydroxyl groups is 1. The maximum Gasteiger partial charge on any atom is 0.256 e. The molecule has 0 bridgehead atoms. The Morgan fingerprint density at radius 3 is 2.48 bits per heavy atom. The Hall–Kier alpha value is -2.40. The fourth-order valence-corrected chi connectivity index (χ4v) is 1.74. The van der Waals surface area contributed by atoms with Gasteiger partial charge in [0.1, 0.15) is 11.6 Å². The molecule has 5 nitrogen and oxygen atoms in total. The molecule has 2 N–H and O–H groups in total. The highest BCUT2D eigenvalue weighted by atomic mass is 16.5. The lowest BCUT2D eigenvalue weighted by molar-refractivity contribution is 0.102. The molecule has 1 amide bonds. The van der Waals surface area contributed by atoms with Crippen molar-refractivity contribution in [2.24, 2.45) is 0 Å². The second-order valence-electron chi connectivity index (χ2n) is 4.85. The van der Waals surface area contributed by atoms with E-state index in [2.05, 4.69) is 10.3 Å². The number of aromatic nitrogens is 1. The van der Waals surface area contributed by atoms with Gasteiger partial charge in [-0.2, -0.15) is 0 Å². The molecule has 5 heteroatoms. The predicted octanol–water partition coefficient (Wildman–Crippen LogP) is 2.61. The zero-order valence-electron chi connectivity index (χ0n) is 12.0. The van der Waals surface area contributed by atoms with Crippen LogP contribution in [0.3, 0.4) is 0 Å². The highest BCUT2D eigenvalue weighted by Crippen LogP contribution is 2.15. The largest absolute Gasteiger partial charge is 0.491 e. The molecule has 0 spiro atoms. The number of anilines is 1. The first-order valence-electron chi connectivity index (χ1n) is 6.72. The third kappa shape index (κ3) is 4.29. The molecule has 0 fully saturated rings. The topological polar surface area (TPSA) is 71.5 Å². The summed E-state index contributed by atoms with van der Waals surface area (Å²) in [6, 6.07) is 10.3. The van der Waals surface area contributed by atoms with Crippen molar-refractivity contribution in [3.63, 3.8) is 0 Å². The van der Waals surface area contributed by atoms with Crippen LogP contribution in [0.4, 0.5) is 5.82 Å². The molecule has 0 unspecified atom stereocenters. The molecule has 0 saturated carbocycles. The van der Waals surface area contributed by atoms with Crippen LogP contribution in [-0.4, -0.2) is 22.1 Å². The summed E-state index contributed by atoms with van der Waals surface area (Å²) in [5.74, 6) is 0.932. The van der Waals surface area contributed by atoms with Crippen molar-refractivity contribution >= 4 is 11.7 Å². The van der Waals surface area contributed by atoms with Gasteiger partial charge in [0.15, 0.2) is 0 Å². The van der Waals surface area contributed by atoms with E-state index in [1.165, 1.54) is 6.20 Å². The van der Waals surface area contributed by atoms with E-state index in [-0.39, 0.29) is 18.6 Å². The van der Waals surface area contributed by atoms with Crippen LogP contribution >= 0.6 is 0 Å². The van der Waals surface area contributed by atoms with Gasteiger partial charge >= 0.3 is 0 Å². The van der Waals surface area contributed by atoms with Crippen molar-refractivity contribution in [3.8, 4) is 5.75 Å². The van der Waals surface area contributed by atoms with Gasteiger partial charge in [-0.25, -0.2) is 4.98 Å².